The first-order chi connectivity index (χ1) is 14.5. The molecule has 0 bridgehead atoms. The number of hydrogen-bond acceptors (Lipinski definition) is 5. The summed E-state index contributed by atoms with van der Waals surface area (Å²) in [4.78, 5) is 34.2. The molecule has 4 rings (SSSR count). The Morgan fingerprint density at radius 2 is 2.03 bits per heavy atom. The Balaban J connectivity index is 1.52. The smallest absolute Gasteiger partial charge is 0.272 e. The van der Waals surface area contributed by atoms with Crippen molar-refractivity contribution in [3.05, 3.63) is 42.0 Å². The monoisotopic (exact) mass is 412 g/mol. The first kappa shape index (κ1) is 20.3. The lowest BCUT2D eigenvalue weighted by Gasteiger charge is -2.39. The van der Waals surface area contributed by atoms with E-state index in [2.05, 4.69) is 4.98 Å². The van der Waals surface area contributed by atoms with E-state index < -0.39 is 5.41 Å². The van der Waals surface area contributed by atoms with Gasteiger partial charge >= 0.3 is 0 Å². The molecule has 1 spiro atoms. The summed E-state index contributed by atoms with van der Waals surface area (Å²) in [5.74, 6) is 1.38. The maximum Gasteiger partial charge on any atom is 0.272 e. The quantitative estimate of drug-likeness (QED) is 0.752. The number of likely N-dealkylation sites (tertiary alicyclic amines) is 2. The summed E-state index contributed by atoms with van der Waals surface area (Å²) in [6.07, 6.45) is 5.63. The summed E-state index contributed by atoms with van der Waals surface area (Å²) < 4.78 is 12.6. The largest absolute Gasteiger partial charge is 0.493 e. The van der Waals surface area contributed by atoms with Gasteiger partial charge in [0.25, 0.3) is 5.91 Å². The molecule has 1 aromatic carbocycles. The third-order valence-electron chi connectivity index (χ3n) is 6.35. The number of hydrogen-bond donors (Lipinski definition) is 0. The van der Waals surface area contributed by atoms with Crippen molar-refractivity contribution in [2.24, 2.45) is 12.5 Å². The minimum Gasteiger partial charge on any atom is -0.493 e. The van der Waals surface area contributed by atoms with Crippen LogP contribution in [-0.2, 0) is 18.4 Å². The molecule has 0 aliphatic carbocycles. The molecular formula is C22H28N4O4. The Morgan fingerprint density at radius 3 is 2.73 bits per heavy atom. The summed E-state index contributed by atoms with van der Waals surface area (Å²) in [5, 5.41) is 0. The predicted molar refractivity (Wildman–Crippen MR) is 110 cm³/mol. The topological polar surface area (TPSA) is 76.9 Å². The summed E-state index contributed by atoms with van der Waals surface area (Å²) in [5.41, 5.74) is 0.967. The SMILES string of the molecule is COc1cccc(CN2CCC[C@@]3(CCN(C(=O)c4cncn4C)C3)C2=O)c1OC. The van der Waals surface area contributed by atoms with Crippen molar-refractivity contribution in [3.63, 3.8) is 0 Å². The van der Waals surface area contributed by atoms with Crippen LogP contribution in [0.3, 0.4) is 0 Å². The van der Waals surface area contributed by atoms with Crippen molar-refractivity contribution in [2.45, 2.75) is 25.8 Å². The molecule has 2 fully saturated rings. The van der Waals surface area contributed by atoms with E-state index in [1.54, 1.807) is 43.3 Å². The fourth-order valence-corrected chi connectivity index (χ4v) is 4.74. The second-order valence-electron chi connectivity index (χ2n) is 8.13. The van der Waals surface area contributed by atoms with Gasteiger partial charge in [0, 0.05) is 38.8 Å². The van der Waals surface area contributed by atoms with Crippen LogP contribution in [-0.4, -0.2) is 65.0 Å². The van der Waals surface area contributed by atoms with E-state index in [1.807, 2.05) is 23.1 Å². The Morgan fingerprint density at radius 1 is 1.20 bits per heavy atom. The lowest BCUT2D eigenvalue weighted by molar-refractivity contribution is -0.146. The standard InChI is InChI=1S/C22H28N4O4/c1-24-15-23-12-17(24)20(27)26-11-9-22(14-26)8-5-10-25(21(22)28)13-16-6-4-7-18(29-2)19(16)30-3/h4,6-7,12,15H,5,8-11,13-14H2,1-3H3/t22-/m0/s1. The number of rotatable bonds is 5. The van der Waals surface area contributed by atoms with Gasteiger partial charge < -0.3 is 23.8 Å². The first-order valence-electron chi connectivity index (χ1n) is 10.2. The maximum absolute atomic E-state index is 13.5. The minimum absolute atomic E-state index is 0.0636. The Labute approximate surface area is 176 Å². The Kier molecular flexibility index (Phi) is 5.40. The van der Waals surface area contributed by atoms with Crippen LogP contribution in [0.2, 0.25) is 0 Å². The lowest BCUT2D eigenvalue weighted by atomic mass is 9.78. The number of carbonyl (C=O) groups excluding carboxylic acids is 2. The van der Waals surface area contributed by atoms with Crippen molar-refractivity contribution in [1.29, 1.82) is 0 Å². The normalized spacial score (nSPS) is 21.4. The zero-order valence-corrected chi connectivity index (χ0v) is 17.8. The zero-order valence-electron chi connectivity index (χ0n) is 17.8. The number of aryl methyl sites for hydroxylation is 1. The number of methoxy groups -OCH3 is 2. The van der Waals surface area contributed by atoms with E-state index in [9.17, 15) is 9.59 Å². The van der Waals surface area contributed by atoms with E-state index >= 15 is 0 Å². The third-order valence-corrected chi connectivity index (χ3v) is 6.35. The molecule has 2 aromatic rings. The summed E-state index contributed by atoms with van der Waals surface area (Å²) in [6, 6.07) is 5.72. The molecule has 2 amide bonds. The number of piperidine rings is 1. The van der Waals surface area contributed by atoms with Crippen LogP contribution >= 0.6 is 0 Å². The van der Waals surface area contributed by atoms with Gasteiger partial charge in [-0.15, -0.1) is 0 Å². The van der Waals surface area contributed by atoms with Crippen molar-refractivity contribution in [3.8, 4) is 11.5 Å². The van der Waals surface area contributed by atoms with Gasteiger partial charge in [0.1, 0.15) is 5.69 Å². The second-order valence-corrected chi connectivity index (χ2v) is 8.13. The van der Waals surface area contributed by atoms with Crippen molar-refractivity contribution < 1.29 is 19.1 Å². The molecule has 1 aromatic heterocycles. The van der Waals surface area contributed by atoms with Crippen LogP contribution in [0.15, 0.2) is 30.7 Å². The average molecular weight is 412 g/mol. The highest BCUT2D eigenvalue weighted by Gasteiger charge is 2.49. The van der Waals surface area contributed by atoms with Gasteiger partial charge in [0.15, 0.2) is 11.5 Å². The molecule has 8 nitrogen and oxygen atoms in total. The fraction of sp³-hybridized carbons (Fsp3) is 0.500. The number of benzene rings is 1. The van der Waals surface area contributed by atoms with Crippen LogP contribution in [0.1, 0.15) is 35.3 Å². The minimum atomic E-state index is -0.501. The molecule has 0 unspecified atom stereocenters. The van der Waals surface area contributed by atoms with E-state index in [0.29, 0.717) is 49.8 Å². The molecule has 30 heavy (non-hydrogen) atoms. The van der Waals surface area contributed by atoms with Crippen LogP contribution < -0.4 is 9.47 Å². The number of ether oxygens (including phenoxy) is 2. The summed E-state index contributed by atoms with van der Waals surface area (Å²) >= 11 is 0. The highest BCUT2D eigenvalue weighted by atomic mass is 16.5. The lowest BCUT2D eigenvalue weighted by Crippen LogP contribution is -2.50. The molecule has 2 saturated heterocycles. The number of aromatic nitrogens is 2. The van der Waals surface area contributed by atoms with E-state index in [4.69, 9.17) is 9.47 Å². The van der Waals surface area contributed by atoms with Gasteiger partial charge in [-0.1, -0.05) is 12.1 Å². The van der Waals surface area contributed by atoms with E-state index in [-0.39, 0.29) is 11.8 Å². The predicted octanol–water partition coefficient (Wildman–Crippen LogP) is 2.09. The van der Waals surface area contributed by atoms with Gasteiger partial charge in [0.2, 0.25) is 5.91 Å². The zero-order chi connectivity index (χ0) is 21.3. The van der Waals surface area contributed by atoms with Gasteiger partial charge in [-0.3, -0.25) is 9.59 Å². The van der Waals surface area contributed by atoms with Crippen molar-refractivity contribution >= 4 is 11.8 Å². The van der Waals surface area contributed by atoms with Crippen LogP contribution in [0, 0.1) is 5.41 Å². The van der Waals surface area contributed by atoms with Crippen LogP contribution in [0.25, 0.3) is 0 Å². The van der Waals surface area contributed by atoms with Crippen LogP contribution in [0.4, 0.5) is 0 Å². The molecular weight excluding hydrogens is 384 g/mol. The molecule has 8 heteroatoms. The second kappa shape index (κ2) is 8.01. The molecule has 0 radical (unpaired) electrons. The number of carbonyl (C=O) groups is 2. The molecule has 160 valence electrons. The fourth-order valence-electron chi connectivity index (χ4n) is 4.74. The highest BCUT2D eigenvalue weighted by molar-refractivity contribution is 5.94. The molecule has 0 N–H and O–H groups in total. The summed E-state index contributed by atoms with van der Waals surface area (Å²) in [7, 11) is 5.02. The van der Waals surface area contributed by atoms with Crippen molar-refractivity contribution in [1.82, 2.24) is 19.4 Å². The molecule has 1 atom stereocenters. The van der Waals surface area contributed by atoms with Gasteiger partial charge in [-0.25, -0.2) is 4.98 Å². The number of amides is 2. The number of para-hydroxylation sites is 1. The van der Waals surface area contributed by atoms with Gasteiger partial charge in [-0.05, 0) is 25.3 Å². The van der Waals surface area contributed by atoms with Gasteiger partial charge in [-0.2, -0.15) is 0 Å². The number of imidazole rings is 1. The van der Waals surface area contributed by atoms with Crippen LogP contribution in [0.5, 0.6) is 11.5 Å². The first-order valence-corrected chi connectivity index (χ1v) is 10.2. The average Bonchev–Trinajstić information content (AvgIpc) is 3.38. The Bertz CT molecular complexity index is 956. The van der Waals surface area contributed by atoms with E-state index in [0.717, 1.165) is 18.4 Å². The maximum atomic E-state index is 13.5. The molecule has 2 aliphatic heterocycles. The third kappa shape index (κ3) is 3.40. The highest BCUT2D eigenvalue weighted by Crippen LogP contribution is 2.41. The molecule has 2 aliphatic rings. The van der Waals surface area contributed by atoms with Gasteiger partial charge in [0.05, 0.1) is 32.2 Å². The number of nitrogens with zero attached hydrogens (tertiary/aromatic N) is 4. The molecule has 0 saturated carbocycles. The van der Waals surface area contributed by atoms with Crippen molar-refractivity contribution in [2.75, 3.05) is 33.9 Å². The molecule has 3 heterocycles. The summed E-state index contributed by atoms with van der Waals surface area (Å²) in [6.45, 7) is 2.22. The van der Waals surface area contributed by atoms with E-state index in [1.165, 1.54) is 0 Å². The Hall–Kier alpha value is -3.03.